The van der Waals surface area contributed by atoms with Gasteiger partial charge in [0.25, 0.3) is 5.91 Å². The maximum Gasteiger partial charge on any atom is 0.261 e. The van der Waals surface area contributed by atoms with Crippen LogP contribution < -0.4 is 15.4 Å². The molecule has 1 aliphatic rings. The number of nitrogens with one attached hydrogen (secondary N) is 2. The second kappa shape index (κ2) is 8.20. The van der Waals surface area contributed by atoms with Crippen molar-refractivity contribution in [2.75, 3.05) is 11.9 Å². The number of anilines is 1. The Bertz CT molecular complexity index is 1250. The normalized spacial score (nSPS) is 16.1. The fraction of sp³-hybridized carbons (Fsp3) is 0.286. The van der Waals surface area contributed by atoms with Crippen LogP contribution in [0.15, 0.2) is 23.6 Å². The summed E-state index contributed by atoms with van der Waals surface area (Å²) in [6.45, 7) is 8.82. The molecule has 2 aromatic heterocycles. The zero-order valence-electron chi connectivity index (χ0n) is 16.9. The van der Waals surface area contributed by atoms with E-state index in [1.54, 1.807) is 23.9 Å². The highest BCUT2D eigenvalue weighted by atomic mass is 32.1. The van der Waals surface area contributed by atoms with Gasteiger partial charge in [0.15, 0.2) is 6.61 Å². The highest BCUT2D eigenvalue weighted by molar-refractivity contribution is 7.15. The van der Waals surface area contributed by atoms with E-state index in [0.29, 0.717) is 34.1 Å². The number of aromatic nitrogens is 2. The molecular formula is C21H19N5O4S. The SMILES string of the molecule is [C-]#[N+]c1c(C)csc1NC(=O)COc1cccc2c(C3CCC(=O)NC3=O)nn(C)c12. The summed E-state index contributed by atoms with van der Waals surface area (Å²) in [5.74, 6) is -1.08. The molecule has 0 aliphatic carbocycles. The van der Waals surface area contributed by atoms with E-state index in [9.17, 15) is 14.4 Å². The predicted octanol–water partition coefficient (Wildman–Crippen LogP) is 3.03. The third-order valence-corrected chi connectivity index (χ3v) is 6.09. The Morgan fingerprint density at radius 3 is 3.00 bits per heavy atom. The number of benzene rings is 1. The topological polar surface area (TPSA) is 107 Å². The molecule has 1 atom stereocenters. The van der Waals surface area contributed by atoms with Gasteiger partial charge in [-0.1, -0.05) is 12.1 Å². The smallest absolute Gasteiger partial charge is 0.261 e. The molecule has 1 aliphatic heterocycles. The molecular weight excluding hydrogens is 418 g/mol. The molecule has 1 saturated heterocycles. The fourth-order valence-corrected chi connectivity index (χ4v) is 4.53. The summed E-state index contributed by atoms with van der Waals surface area (Å²) in [4.78, 5) is 39.6. The number of amides is 3. The molecule has 3 heterocycles. The van der Waals surface area contributed by atoms with Crippen LogP contribution in [0, 0.1) is 13.5 Å². The highest BCUT2D eigenvalue weighted by Crippen LogP contribution is 2.36. The lowest BCUT2D eigenvalue weighted by Crippen LogP contribution is -2.39. The Labute approximate surface area is 181 Å². The van der Waals surface area contributed by atoms with E-state index in [1.807, 2.05) is 18.4 Å². The number of thiophene rings is 1. The quantitative estimate of drug-likeness (QED) is 0.471. The Morgan fingerprint density at radius 1 is 1.45 bits per heavy atom. The molecule has 1 unspecified atom stereocenters. The van der Waals surface area contributed by atoms with Gasteiger partial charge in [-0.05, 0) is 30.4 Å². The van der Waals surface area contributed by atoms with E-state index in [1.165, 1.54) is 11.3 Å². The average Bonchev–Trinajstić information content (AvgIpc) is 3.26. The molecule has 0 saturated carbocycles. The van der Waals surface area contributed by atoms with Crippen molar-refractivity contribution in [2.24, 2.45) is 7.05 Å². The minimum atomic E-state index is -0.519. The first-order chi connectivity index (χ1) is 14.9. The monoisotopic (exact) mass is 437 g/mol. The number of hydrogen-bond acceptors (Lipinski definition) is 6. The van der Waals surface area contributed by atoms with E-state index in [2.05, 4.69) is 20.6 Å². The minimum absolute atomic E-state index is 0.244. The molecule has 1 aromatic carbocycles. The van der Waals surface area contributed by atoms with Crippen LogP contribution in [0.4, 0.5) is 10.7 Å². The molecule has 3 aromatic rings. The Morgan fingerprint density at radius 2 is 2.26 bits per heavy atom. The van der Waals surface area contributed by atoms with Gasteiger partial charge in [-0.15, -0.1) is 11.3 Å². The number of hydrogen-bond donors (Lipinski definition) is 2. The van der Waals surface area contributed by atoms with Crippen LogP contribution in [0.2, 0.25) is 0 Å². The fourth-order valence-electron chi connectivity index (χ4n) is 3.63. The molecule has 0 radical (unpaired) electrons. The van der Waals surface area contributed by atoms with E-state index < -0.39 is 5.92 Å². The number of piperidine rings is 1. The number of aryl methyl sites for hydroxylation is 2. The Balaban J connectivity index is 1.54. The molecule has 0 bridgehead atoms. The van der Waals surface area contributed by atoms with E-state index in [0.717, 1.165) is 10.9 Å². The zero-order chi connectivity index (χ0) is 22.1. The molecule has 3 amide bonds. The summed E-state index contributed by atoms with van der Waals surface area (Å²) < 4.78 is 7.37. The summed E-state index contributed by atoms with van der Waals surface area (Å²) in [5.41, 5.74) is 2.48. The van der Waals surface area contributed by atoms with Crippen LogP contribution in [0.25, 0.3) is 15.7 Å². The van der Waals surface area contributed by atoms with Crippen molar-refractivity contribution in [3.8, 4) is 5.75 Å². The van der Waals surface area contributed by atoms with Crippen molar-refractivity contribution in [3.05, 3.63) is 46.3 Å². The number of rotatable bonds is 5. The molecule has 2 N–H and O–H groups in total. The van der Waals surface area contributed by atoms with Gasteiger partial charge in [-0.3, -0.25) is 24.4 Å². The van der Waals surface area contributed by atoms with Crippen LogP contribution in [0.1, 0.15) is 30.0 Å². The maximum absolute atomic E-state index is 12.4. The average molecular weight is 437 g/mol. The third kappa shape index (κ3) is 3.87. The first-order valence-electron chi connectivity index (χ1n) is 9.56. The van der Waals surface area contributed by atoms with E-state index in [4.69, 9.17) is 11.3 Å². The van der Waals surface area contributed by atoms with Gasteiger partial charge in [0.2, 0.25) is 17.5 Å². The first kappa shape index (κ1) is 20.6. The lowest BCUT2D eigenvalue weighted by atomic mass is 9.93. The van der Waals surface area contributed by atoms with Crippen molar-refractivity contribution in [3.63, 3.8) is 0 Å². The first-order valence-corrected chi connectivity index (χ1v) is 10.4. The van der Waals surface area contributed by atoms with Crippen molar-refractivity contribution in [1.82, 2.24) is 15.1 Å². The van der Waals surface area contributed by atoms with Gasteiger partial charge >= 0.3 is 0 Å². The van der Waals surface area contributed by atoms with Crippen LogP contribution in [0.5, 0.6) is 5.75 Å². The summed E-state index contributed by atoms with van der Waals surface area (Å²) in [6, 6.07) is 5.34. The van der Waals surface area contributed by atoms with Crippen LogP contribution in [-0.2, 0) is 21.4 Å². The summed E-state index contributed by atoms with van der Waals surface area (Å²) in [5, 5.41) is 12.6. The zero-order valence-corrected chi connectivity index (χ0v) is 17.7. The van der Waals surface area contributed by atoms with Crippen molar-refractivity contribution in [1.29, 1.82) is 0 Å². The van der Waals surface area contributed by atoms with Crippen LogP contribution >= 0.6 is 11.3 Å². The van der Waals surface area contributed by atoms with Gasteiger partial charge in [-0.2, -0.15) is 5.10 Å². The molecule has 4 rings (SSSR count). The van der Waals surface area contributed by atoms with Crippen LogP contribution in [-0.4, -0.2) is 34.1 Å². The van der Waals surface area contributed by atoms with Crippen molar-refractivity contribution in [2.45, 2.75) is 25.7 Å². The molecule has 0 spiro atoms. The van der Waals surface area contributed by atoms with Gasteiger partial charge in [0.1, 0.15) is 16.3 Å². The predicted molar refractivity (Wildman–Crippen MR) is 115 cm³/mol. The standard InChI is InChI=1S/C21H19N5O4S/c1-11-10-31-21(17(11)22-2)24-16(28)9-30-14-6-4-5-12-18(25-26(3)19(12)14)13-7-8-15(27)23-20(13)29/h4-6,10,13H,7-9H2,1,3H3,(H,24,28)(H,23,27,29). The Hall–Kier alpha value is -3.71. The van der Waals surface area contributed by atoms with Gasteiger partial charge in [0, 0.05) is 18.9 Å². The Kier molecular flexibility index (Phi) is 5.44. The van der Waals surface area contributed by atoms with Crippen LogP contribution in [0.3, 0.4) is 0 Å². The van der Waals surface area contributed by atoms with E-state index >= 15 is 0 Å². The van der Waals surface area contributed by atoms with Crippen molar-refractivity contribution >= 4 is 50.6 Å². The second-order valence-corrected chi connectivity index (χ2v) is 8.09. The largest absolute Gasteiger partial charge is 0.481 e. The molecule has 158 valence electrons. The van der Waals surface area contributed by atoms with Gasteiger partial charge < -0.3 is 10.1 Å². The summed E-state index contributed by atoms with van der Waals surface area (Å²) >= 11 is 1.30. The number of carbonyl (C=O) groups excluding carboxylic acids is 3. The summed E-state index contributed by atoms with van der Waals surface area (Å²) in [6.07, 6.45) is 0.660. The van der Waals surface area contributed by atoms with Gasteiger partial charge in [-0.25, -0.2) is 4.85 Å². The number of ether oxygens (including phenoxy) is 1. The number of para-hydroxylation sites is 1. The molecule has 1 fully saturated rings. The molecule has 9 nitrogen and oxygen atoms in total. The summed E-state index contributed by atoms with van der Waals surface area (Å²) in [7, 11) is 1.74. The number of carbonyl (C=O) groups is 3. The molecule has 31 heavy (non-hydrogen) atoms. The number of fused-ring (bicyclic) bond motifs is 1. The minimum Gasteiger partial charge on any atom is -0.481 e. The second-order valence-electron chi connectivity index (χ2n) is 7.21. The highest BCUT2D eigenvalue weighted by Gasteiger charge is 2.32. The van der Waals surface area contributed by atoms with Gasteiger partial charge in [0.05, 0.1) is 18.2 Å². The number of nitrogens with zero attached hydrogens (tertiary/aromatic N) is 3. The lowest BCUT2D eigenvalue weighted by molar-refractivity contribution is -0.134. The third-order valence-electron chi connectivity index (χ3n) is 5.09. The van der Waals surface area contributed by atoms with E-state index in [-0.39, 0.29) is 30.7 Å². The lowest BCUT2D eigenvalue weighted by Gasteiger charge is -2.19. The number of imide groups is 1. The maximum atomic E-state index is 12.4. The molecule has 10 heteroatoms. The van der Waals surface area contributed by atoms with Crippen molar-refractivity contribution < 1.29 is 19.1 Å².